The van der Waals surface area contributed by atoms with Crippen LogP contribution < -0.4 is 0 Å². The maximum Gasteiger partial charge on any atom is 3.00 e. The molecule has 0 bridgehead atoms. The van der Waals surface area contributed by atoms with E-state index in [1.54, 1.807) is 55.0 Å². The van der Waals surface area contributed by atoms with Gasteiger partial charge in [0.05, 0.1) is 34.2 Å². The topological polar surface area (TPSA) is 145 Å². The number of pyridine rings is 3. The Balaban J connectivity index is 0.000000186. The summed E-state index contributed by atoms with van der Waals surface area (Å²) in [7, 11) is 0. The molecule has 0 fully saturated rings. The summed E-state index contributed by atoms with van der Waals surface area (Å²) in [4.78, 5) is 12.3. The van der Waals surface area contributed by atoms with Crippen LogP contribution in [0.5, 0.6) is 0 Å². The van der Waals surface area contributed by atoms with Crippen LogP contribution in [-0.2, 0) is 0 Å². The molecule has 3 heterocycles. The van der Waals surface area contributed by atoms with E-state index in [1.807, 2.05) is 109 Å². The predicted molar refractivity (Wildman–Crippen MR) is 179 cm³/mol. The molecule has 0 unspecified atom stereocenters. The van der Waals surface area contributed by atoms with Crippen molar-refractivity contribution in [2.24, 2.45) is 15.5 Å². The summed E-state index contributed by atoms with van der Waals surface area (Å²) in [5.74, 6) is 0. The average Bonchev–Trinajstić information content (AvgIpc) is 3.13. The van der Waals surface area contributed by atoms with Crippen molar-refractivity contribution < 1.29 is 38.2 Å². The molecule has 0 saturated carbocycles. The Morgan fingerprint density at radius 1 is 0.348 bits per heavy atom. The molecule has 46 heavy (non-hydrogen) atoms. The minimum atomic E-state index is 0. The zero-order chi connectivity index (χ0) is 31.5. The van der Waals surface area contributed by atoms with E-state index < -0.39 is 0 Å². The molecule has 0 aliphatic rings. The molecule has 0 aliphatic carbocycles. The summed E-state index contributed by atoms with van der Waals surface area (Å²) in [6, 6.07) is 44.1. The molecule has 3 aromatic heterocycles. The molecule has 6 rings (SSSR count). The van der Waals surface area contributed by atoms with Crippen LogP contribution in [0.3, 0.4) is 0 Å². The van der Waals surface area contributed by atoms with E-state index in [0.717, 1.165) is 16.7 Å². The van der Waals surface area contributed by atoms with Crippen molar-refractivity contribution in [3.63, 3.8) is 0 Å². The quantitative estimate of drug-likeness (QED) is 0.129. The van der Waals surface area contributed by atoms with Crippen molar-refractivity contribution in [1.82, 2.24) is 15.0 Å². The summed E-state index contributed by atoms with van der Waals surface area (Å²) in [6.07, 6.45) is 4.93. The zero-order valence-corrected chi connectivity index (χ0v) is 26.3. The SMILES string of the molecule is [Dy+3].[O-]N=C(c1ccccc1)c1ccccn1.[O-]N=C(c1ccccc1)c1ccccn1.[O-]N=C(c1ccccc1)c1ccccn1. The van der Waals surface area contributed by atoms with E-state index in [4.69, 9.17) is 0 Å². The fourth-order valence-electron chi connectivity index (χ4n) is 4.04. The van der Waals surface area contributed by atoms with Crippen molar-refractivity contribution in [3.05, 3.63) is 214 Å². The van der Waals surface area contributed by atoms with Crippen molar-refractivity contribution in [2.75, 3.05) is 0 Å². The molecular formula is C36H27DyN6O3. The average molecular weight is 754 g/mol. The van der Waals surface area contributed by atoms with Gasteiger partial charge in [0.2, 0.25) is 0 Å². The minimum Gasteiger partial charge on any atom is -0.791 e. The van der Waals surface area contributed by atoms with E-state index >= 15 is 0 Å². The molecule has 0 spiro atoms. The normalized spacial score (nSPS) is 11.1. The van der Waals surface area contributed by atoms with Crippen LogP contribution in [0.15, 0.2) is 180 Å². The summed E-state index contributed by atoms with van der Waals surface area (Å²) in [5.41, 5.74) is 5.25. The van der Waals surface area contributed by atoms with Gasteiger partial charge in [0.25, 0.3) is 0 Å². The van der Waals surface area contributed by atoms with E-state index in [-0.39, 0.29) is 38.2 Å². The third kappa shape index (κ3) is 10.5. The number of hydrogen-bond donors (Lipinski definition) is 0. The maximum absolute atomic E-state index is 10.8. The van der Waals surface area contributed by atoms with E-state index in [9.17, 15) is 15.6 Å². The molecule has 0 atom stereocenters. The first-order valence-corrected chi connectivity index (χ1v) is 13.8. The molecular weight excluding hydrogens is 727 g/mol. The first kappa shape index (κ1) is 35.3. The molecule has 0 saturated heterocycles. The molecule has 6 aromatic rings. The molecule has 3 aromatic carbocycles. The number of aromatic nitrogens is 3. The van der Waals surface area contributed by atoms with Gasteiger partial charge in [-0.3, -0.25) is 15.0 Å². The summed E-state index contributed by atoms with van der Waals surface area (Å²) < 4.78 is 0. The fourth-order valence-corrected chi connectivity index (χ4v) is 4.04. The minimum absolute atomic E-state index is 0. The molecule has 1 radical (unpaired) electrons. The first-order valence-electron chi connectivity index (χ1n) is 13.8. The Hall–Kier alpha value is -5.21. The van der Waals surface area contributed by atoms with E-state index in [0.29, 0.717) is 34.2 Å². The van der Waals surface area contributed by atoms with Crippen LogP contribution in [0.2, 0.25) is 0 Å². The number of rotatable bonds is 6. The van der Waals surface area contributed by atoms with Crippen molar-refractivity contribution in [2.45, 2.75) is 0 Å². The second-order valence-corrected chi connectivity index (χ2v) is 9.06. The summed E-state index contributed by atoms with van der Waals surface area (Å²) in [6.45, 7) is 0. The van der Waals surface area contributed by atoms with Gasteiger partial charge < -0.3 is 31.1 Å². The van der Waals surface area contributed by atoms with E-state index in [2.05, 4.69) is 30.4 Å². The number of benzene rings is 3. The van der Waals surface area contributed by atoms with E-state index in [1.165, 1.54) is 0 Å². The Morgan fingerprint density at radius 3 is 0.783 bits per heavy atom. The Labute approximate surface area is 297 Å². The first-order chi connectivity index (χ1) is 22.2. The molecule has 0 N–H and O–H groups in total. The van der Waals surface area contributed by atoms with Gasteiger partial charge in [-0.15, -0.1) is 0 Å². The summed E-state index contributed by atoms with van der Waals surface area (Å²) >= 11 is 0. The van der Waals surface area contributed by atoms with Crippen LogP contribution in [-0.4, -0.2) is 32.1 Å². The summed E-state index contributed by atoms with van der Waals surface area (Å²) in [5, 5.41) is 41.4. The number of nitrogens with zero attached hydrogens (tertiary/aromatic N) is 6. The largest absolute Gasteiger partial charge is 3.00 e. The van der Waals surface area contributed by atoms with Gasteiger partial charge in [-0.2, -0.15) is 0 Å². The maximum atomic E-state index is 10.8. The fraction of sp³-hybridized carbons (Fsp3) is 0. The standard InChI is InChI=1S/3C12H10N2O.Dy/c3*15-14-12(10-6-2-1-3-7-10)11-8-4-5-9-13-11;/h3*1-9,15H;/q;;;+3/p-3. The van der Waals surface area contributed by atoms with Crippen molar-refractivity contribution in [1.29, 1.82) is 0 Å². The monoisotopic (exact) mass is 755 g/mol. The third-order valence-electron chi connectivity index (χ3n) is 6.14. The molecule has 10 heteroatoms. The van der Waals surface area contributed by atoms with Crippen molar-refractivity contribution in [3.8, 4) is 0 Å². The molecule has 0 amide bonds. The molecule has 229 valence electrons. The van der Waals surface area contributed by atoms with Gasteiger partial charge in [-0.25, -0.2) is 0 Å². The van der Waals surface area contributed by atoms with Gasteiger partial charge in [-0.1, -0.05) is 109 Å². The van der Waals surface area contributed by atoms with Crippen LogP contribution in [0, 0.1) is 53.8 Å². The Morgan fingerprint density at radius 2 is 0.587 bits per heavy atom. The smallest absolute Gasteiger partial charge is 0.791 e. The number of hydrogen-bond acceptors (Lipinski definition) is 9. The van der Waals surface area contributed by atoms with Gasteiger partial charge in [-0.05, 0) is 36.4 Å². The van der Waals surface area contributed by atoms with Crippen LogP contribution in [0.4, 0.5) is 0 Å². The van der Waals surface area contributed by atoms with Crippen molar-refractivity contribution >= 4 is 17.1 Å². The predicted octanol–water partition coefficient (Wildman–Crippen LogP) is 7.25. The molecule has 0 aliphatic heterocycles. The zero-order valence-electron chi connectivity index (χ0n) is 24.3. The second kappa shape index (κ2) is 19.9. The van der Waals surface area contributed by atoms with Gasteiger partial charge in [0.15, 0.2) is 0 Å². The van der Waals surface area contributed by atoms with Gasteiger partial charge in [0, 0.05) is 35.3 Å². The van der Waals surface area contributed by atoms with Crippen LogP contribution in [0.1, 0.15) is 33.8 Å². The van der Waals surface area contributed by atoms with Gasteiger partial charge >= 0.3 is 38.2 Å². The van der Waals surface area contributed by atoms with Crippen LogP contribution in [0.25, 0.3) is 0 Å². The Bertz CT molecular complexity index is 1450. The second-order valence-electron chi connectivity index (χ2n) is 9.06. The van der Waals surface area contributed by atoms with Crippen LogP contribution >= 0.6 is 0 Å². The van der Waals surface area contributed by atoms with Gasteiger partial charge in [0.1, 0.15) is 0 Å². The third-order valence-corrected chi connectivity index (χ3v) is 6.14. The Kier molecular flexibility index (Phi) is 15.3. The molecule has 9 nitrogen and oxygen atoms in total.